The molecule has 36 heavy (non-hydrogen) atoms. The quantitative estimate of drug-likeness (QED) is 0.368. The van der Waals surface area contributed by atoms with E-state index in [0.29, 0.717) is 18.5 Å². The number of rotatable bonds is 9. The zero-order valence-electron chi connectivity index (χ0n) is 19.2. The summed E-state index contributed by atoms with van der Waals surface area (Å²) in [5.74, 6) is -2.37. The molecule has 0 bridgehead atoms. The number of carboxylic acids is 1. The Kier molecular flexibility index (Phi) is 7.24. The van der Waals surface area contributed by atoms with Gasteiger partial charge in [-0.05, 0) is 48.4 Å². The number of carbonyl (C=O) groups excluding carboxylic acids is 1. The molecule has 2 N–H and O–H groups in total. The number of halogens is 1. The van der Waals surface area contributed by atoms with E-state index in [1.54, 1.807) is 25.3 Å². The number of hydrogen-bond acceptors (Lipinski definition) is 6. The van der Waals surface area contributed by atoms with Crippen molar-refractivity contribution in [3.63, 3.8) is 0 Å². The van der Waals surface area contributed by atoms with Crippen LogP contribution in [0.1, 0.15) is 15.9 Å². The van der Waals surface area contributed by atoms with Crippen molar-refractivity contribution in [1.82, 2.24) is 9.55 Å². The summed E-state index contributed by atoms with van der Waals surface area (Å²) < 4.78 is 25.9. The Morgan fingerprint density at radius 3 is 2.64 bits per heavy atom. The first kappa shape index (κ1) is 24.4. The van der Waals surface area contributed by atoms with Crippen molar-refractivity contribution >= 4 is 28.5 Å². The molecule has 0 aliphatic rings. The lowest BCUT2D eigenvalue weighted by Crippen LogP contribution is -2.23. The summed E-state index contributed by atoms with van der Waals surface area (Å²) >= 11 is 0. The van der Waals surface area contributed by atoms with Gasteiger partial charge < -0.3 is 19.9 Å². The fourth-order valence-electron chi connectivity index (χ4n) is 3.71. The summed E-state index contributed by atoms with van der Waals surface area (Å²) in [6.45, 7) is -0.373. The van der Waals surface area contributed by atoms with E-state index < -0.39 is 24.3 Å². The fourth-order valence-corrected chi connectivity index (χ4v) is 3.71. The monoisotopic (exact) mass is 491 g/mol. The van der Waals surface area contributed by atoms with Gasteiger partial charge in [0.25, 0.3) is 11.5 Å². The number of aliphatic carboxylic acids is 1. The molecule has 1 heterocycles. The first-order valence-electron chi connectivity index (χ1n) is 10.9. The van der Waals surface area contributed by atoms with Gasteiger partial charge in [0.2, 0.25) is 0 Å². The maximum Gasteiger partial charge on any atom is 0.341 e. The molecule has 0 aliphatic heterocycles. The molecule has 1 aromatic heterocycles. The number of aromatic nitrogens is 2. The van der Waals surface area contributed by atoms with E-state index in [9.17, 15) is 18.8 Å². The number of fused-ring (bicyclic) bond motifs is 1. The maximum atomic E-state index is 14.3. The molecule has 1 amide bonds. The lowest BCUT2D eigenvalue weighted by atomic mass is 10.1. The first-order valence-corrected chi connectivity index (χ1v) is 10.9. The van der Waals surface area contributed by atoms with Crippen LogP contribution in [0.15, 0.2) is 71.8 Å². The number of ether oxygens (including phenoxy) is 2. The van der Waals surface area contributed by atoms with E-state index in [1.165, 1.54) is 23.0 Å². The highest BCUT2D eigenvalue weighted by Gasteiger charge is 2.15. The van der Waals surface area contributed by atoms with Gasteiger partial charge in [0, 0.05) is 12.1 Å². The number of aryl methyl sites for hydroxylation is 2. The molecule has 4 aromatic rings. The minimum atomic E-state index is -1.26. The Bertz CT molecular complexity index is 1500. The summed E-state index contributed by atoms with van der Waals surface area (Å²) in [4.78, 5) is 41.1. The number of nitrogens with one attached hydrogen (secondary N) is 1. The molecule has 0 atom stereocenters. The zero-order valence-corrected chi connectivity index (χ0v) is 19.2. The topological polar surface area (TPSA) is 120 Å². The Morgan fingerprint density at radius 1 is 1.08 bits per heavy atom. The molecule has 0 unspecified atom stereocenters. The number of carboxylic acid groups (broad SMARTS) is 1. The summed E-state index contributed by atoms with van der Waals surface area (Å²) in [7, 11) is 1.58. The van der Waals surface area contributed by atoms with Crippen LogP contribution in [0.25, 0.3) is 10.9 Å². The number of carbonyl (C=O) groups is 2. The molecular weight excluding hydrogens is 469 g/mol. The molecule has 9 nitrogen and oxygen atoms in total. The average Bonchev–Trinajstić information content (AvgIpc) is 2.87. The van der Waals surface area contributed by atoms with Crippen LogP contribution >= 0.6 is 0 Å². The molecule has 4 rings (SSSR count). The van der Waals surface area contributed by atoms with Crippen LogP contribution in [0.2, 0.25) is 0 Å². The van der Waals surface area contributed by atoms with Crippen LogP contribution in [-0.4, -0.2) is 40.3 Å². The van der Waals surface area contributed by atoms with Crippen molar-refractivity contribution in [2.45, 2.75) is 13.0 Å². The lowest BCUT2D eigenvalue weighted by Gasteiger charge is -2.12. The third kappa shape index (κ3) is 5.33. The number of methoxy groups -OCH3 is 1. The van der Waals surface area contributed by atoms with Crippen molar-refractivity contribution in [2.75, 3.05) is 19.0 Å². The summed E-state index contributed by atoms with van der Waals surface area (Å²) in [6.07, 6.45) is 1.98. The molecule has 0 spiro atoms. The highest BCUT2D eigenvalue weighted by atomic mass is 19.1. The van der Waals surface area contributed by atoms with Gasteiger partial charge in [-0.15, -0.1) is 0 Å². The first-order chi connectivity index (χ1) is 17.4. The van der Waals surface area contributed by atoms with Gasteiger partial charge in [-0.2, -0.15) is 0 Å². The van der Waals surface area contributed by atoms with Crippen molar-refractivity contribution < 1.29 is 28.6 Å². The molecule has 0 saturated heterocycles. The van der Waals surface area contributed by atoms with Crippen LogP contribution in [0.5, 0.6) is 11.5 Å². The Morgan fingerprint density at radius 2 is 1.89 bits per heavy atom. The number of anilines is 1. The second-order valence-corrected chi connectivity index (χ2v) is 7.79. The lowest BCUT2D eigenvalue weighted by molar-refractivity contribution is -0.139. The van der Waals surface area contributed by atoms with Crippen LogP contribution in [0, 0.1) is 5.82 Å². The second kappa shape index (κ2) is 10.7. The highest BCUT2D eigenvalue weighted by molar-refractivity contribution is 6.08. The van der Waals surface area contributed by atoms with Gasteiger partial charge in [-0.3, -0.25) is 14.2 Å². The maximum absolute atomic E-state index is 14.3. The molecule has 0 aliphatic carbocycles. The van der Waals surface area contributed by atoms with Crippen molar-refractivity contribution in [3.8, 4) is 11.5 Å². The van der Waals surface area contributed by atoms with Gasteiger partial charge in [0.15, 0.2) is 18.2 Å². The predicted molar refractivity (Wildman–Crippen MR) is 130 cm³/mol. The number of hydrogen-bond donors (Lipinski definition) is 2. The Hall–Kier alpha value is -4.73. The third-order valence-corrected chi connectivity index (χ3v) is 5.46. The average molecular weight is 491 g/mol. The number of amides is 1. The van der Waals surface area contributed by atoms with Gasteiger partial charge >= 0.3 is 5.97 Å². The van der Waals surface area contributed by atoms with Crippen molar-refractivity contribution in [3.05, 3.63) is 94.3 Å². The summed E-state index contributed by atoms with van der Waals surface area (Å²) in [6, 6.07) is 15.8. The number of benzene rings is 3. The molecule has 10 heteroatoms. The molecule has 0 radical (unpaired) electrons. The Balaban J connectivity index is 1.58. The van der Waals surface area contributed by atoms with E-state index >= 15 is 0 Å². The molecular formula is C26H22FN3O6. The van der Waals surface area contributed by atoms with E-state index in [2.05, 4.69) is 10.3 Å². The van der Waals surface area contributed by atoms with Gasteiger partial charge in [0.1, 0.15) is 5.75 Å². The second-order valence-electron chi connectivity index (χ2n) is 7.79. The minimum Gasteiger partial charge on any atom is -0.496 e. The largest absolute Gasteiger partial charge is 0.496 e. The van der Waals surface area contributed by atoms with Crippen LogP contribution in [0.3, 0.4) is 0 Å². The minimum absolute atomic E-state index is 0.0347. The zero-order chi connectivity index (χ0) is 25.7. The molecule has 0 fully saturated rings. The molecule has 3 aromatic carbocycles. The number of nitrogens with zero attached hydrogens (tertiary/aromatic N) is 2. The fraction of sp³-hybridized carbons (Fsp3) is 0.154. The third-order valence-electron chi connectivity index (χ3n) is 5.46. The standard InChI is InChI=1S/C26H22FN3O6/c1-35-21-8-3-2-5-16(21)11-12-30-15-28-19-6-4-7-20(24(19)26(30)34)29-25(33)17-9-10-22(18(27)13-17)36-14-23(31)32/h2-10,13,15H,11-12,14H2,1H3,(H,29,33)(H,31,32). The van der Waals surface area contributed by atoms with Crippen molar-refractivity contribution in [2.24, 2.45) is 0 Å². The SMILES string of the molecule is COc1ccccc1CCn1cnc2cccc(NC(=O)c3ccc(OCC(=O)O)c(F)c3)c2c1=O. The van der Waals surface area contributed by atoms with E-state index in [1.807, 2.05) is 24.3 Å². The Labute approximate surface area is 204 Å². The normalized spacial score (nSPS) is 10.7. The van der Waals surface area contributed by atoms with Gasteiger partial charge in [0.05, 0.1) is 30.0 Å². The van der Waals surface area contributed by atoms with Crippen LogP contribution in [-0.2, 0) is 17.8 Å². The van der Waals surface area contributed by atoms with Crippen LogP contribution in [0.4, 0.5) is 10.1 Å². The summed E-state index contributed by atoms with van der Waals surface area (Å²) in [5.41, 5.74) is 1.19. The van der Waals surface area contributed by atoms with Gasteiger partial charge in [-0.25, -0.2) is 14.2 Å². The highest BCUT2D eigenvalue weighted by Crippen LogP contribution is 2.22. The molecule has 0 saturated carbocycles. The van der Waals surface area contributed by atoms with E-state index in [4.69, 9.17) is 14.6 Å². The van der Waals surface area contributed by atoms with Crippen molar-refractivity contribution in [1.29, 1.82) is 0 Å². The van der Waals surface area contributed by atoms with Gasteiger partial charge in [-0.1, -0.05) is 24.3 Å². The summed E-state index contributed by atoms with van der Waals surface area (Å²) in [5, 5.41) is 11.5. The van der Waals surface area contributed by atoms with Crippen LogP contribution < -0.4 is 20.3 Å². The predicted octanol–water partition coefficient (Wildman–Crippen LogP) is 3.50. The number of para-hydroxylation sites is 1. The van der Waals surface area contributed by atoms with E-state index in [0.717, 1.165) is 17.4 Å². The molecule has 184 valence electrons. The van der Waals surface area contributed by atoms with E-state index in [-0.39, 0.29) is 27.9 Å². The smallest absolute Gasteiger partial charge is 0.341 e.